The van der Waals surface area contributed by atoms with E-state index in [1.807, 2.05) is 30.9 Å². The molecular weight excluding hydrogens is 426 g/mol. The van der Waals surface area contributed by atoms with E-state index in [4.69, 9.17) is 5.11 Å². The first-order valence-electron chi connectivity index (χ1n) is 11.8. The van der Waals surface area contributed by atoms with Gasteiger partial charge >= 0.3 is 0 Å². The number of carbonyl (C=O) groups is 3. The van der Waals surface area contributed by atoms with Crippen LogP contribution >= 0.6 is 11.8 Å². The molecule has 3 amide bonds. The Bertz CT molecular complexity index is 828. The minimum Gasteiger partial charge on any atom is -0.396 e. The number of carbonyl (C=O) groups excluding carboxylic acids is 3. The van der Waals surface area contributed by atoms with E-state index in [2.05, 4.69) is 12.2 Å². The Morgan fingerprint density at radius 3 is 2.53 bits per heavy atom. The first-order chi connectivity index (χ1) is 15.3. The molecule has 1 unspecified atom stereocenters. The number of likely N-dealkylation sites (N-methyl/N-ethyl adjacent to an activating group) is 1. The molecule has 0 aromatic carbocycles. The highest BCUT2D eigenvalue weighted by Crippen LogP contribution is 2.61. The van der Waals surface area contributed by atoms with E-state index in [1.54, 1.807) is 28.6 Å². The smallest absolute Gasteiger partial charge is 0.247 e. The number of hydrogen-bond acceptors (Lipinski definition) is 5. The van der Waals surface area contributed by atoms with Gasteiger partial charge in [-0.05, 0) is 26.7 Å². The monoisotopic (exact) mass is 461 g/mol. The van der Waals surface area contributed by atoms with Gasteiger partial charge in [-0.25, -0.2) is 0 Å². The third kappa shape index (κ3) is 3.69. The summed E-state index contributed by atoms with van der Waals surface area (Å²) < 4.78 is -0.712. The average Bonchev–Trinajstić information content (AvgIpc) is 3.07. The molecule has 176 valence electrons. The van der Waals surface area contributed by atoms with E-state index in [0.717, 1.165) is 25.7 Å². The van der Waals surface area contributed by atoms with Crippen LogP contribution in [0.4, 0.5) is 0 Å². The fraction of sp³-hybridized carbons (Fsp3) is 0.708. The molecule has 0 bridgehead atoms. The molecule has 0 aromatic rings. The Kier molecular flexibility index (Phi) is 6.73. The van der Waals surface area contributed by atoms with Crippen molar-refractivity contribution in [3.8, 4) is 0 Å². The molecule has 2 saturated heterocycles. The number of likely N-dealkylation sites (tertiary alicyclic amines) is 1. The van der Waals surface area contributed by atoms with Crippen molar-refractivity contribution in [2.45, 2.75) is 61.6 Å². The third-order valence-corrected chi connectivity index (χ3v) is 9.07. The van der Waals surface area contributed by atoms with Gasteiger partial charge in [-0.1, -0.05) is 37.1 Å². The zero-order chi connectivity index (χ0) is 23.0. The second kappa shape index (κ2) is 9.21. The summed E-state index contributed by atoms with van der Waals surface area (Å²) in [5, 5.41) is 8.94. The first kappa shape index (κ1) is 23.4. The van der Waals surface area contributed by atoms with Gasteiger partial charge in [-0.15, -0.1) is 11.8 Å². The maximum absolute atomic E-state index is 13.9. The average molecular weight is 462 g/mol. The van der Waals surface area contributed by atoms with E-state index in [1.165, 1.54) is 0 Å². The Morgan fingerprint density at radius 1 is 1.06 bits per heavy atom. The Labute approximate surface area is 194 Å². The van der Waals surface area contributed by atoms with Gasteiger partial charge in [0.2, 0.25) is 17.7 Å². The van der Waals surface area contributed by atoms with Gasteiger partial charge < -0.3 is 19.8 Å². The lowest BCUT2D eigenvalue weighted by Gasteiger charge is -2.36. The summed E-state index contributed by atoms with van der Waals surface area (Å²) in [7, 11) is 1.79. The van der Waals surface area contributed by atoms with Crippen LogP contribution in [-0.4, -0.2) is 92.9 Å². The maximum Gasteiger partial charge on any atom is 0.247 e. The highest BCUT2D eigenvalue weighted by molar-refractivity contribution is 8.02. The fourth-order valence-electron chi connectivity index (χ4n) is 5.73. The standard InChI is InChI=1S/C24H35N3O4S/c1-16(2)26-14-9-11-24-19(18-17(32-24)10-8-12-25(3)21(18)29)22(30)27(20(24)23(26)31)13-6-4-5-7-15-28/h8-11,16-20,28H,4-7,12-15H2,1-3H3/t17-,18+,19+,20?,24+/m1/s1. The third-order valence-electron chi connectivity index (χ3n) is 7.32. The van der Waals surface area contributed by atoms with Crippen LogP contribution < -0.4 is 0 Å². The largest absolute Gasteiger partial charge is 0.396 e. The summed E-state index contributed by atoms with van der Waals surface area (Å²) in [5.41, 5.74) is 0. The zero-order valence-corrected chi connectivity index (χ0v) is 20.1. The number of amides is 3. The topological polar surface area (TPSA) is 81.2 Å². The molecule has 2 fully saturated rings. The number of rotatable bonds is 7. The van der Waals surface area contributed by atoms with Gasteiger partial charge in [0.05, 0.1) is 16.6 Å². The number of aliphatic hydroxyl groups excluding tert-OH is 1. The van der Waals surface area contributed by atoms with E-state index < -0.39 is 22.6 Å². The van der Waals surface area contributed by atoms with Crippen LogP contribution in [0.15, 0.2) is 24.3 Å². The second-order valence-corrected chi connectivity index (χ2v) is 11.1. The number of fused-ring (bicyclic) bond motifs is 2. The minimum atomic E-state index is -0.712. The highest BCUT2D eigenvalue weighted by atomic mass is 32.2. The molecule has 4 rings (SSSR count). The molecule has 0 radical (unpaired) electrons. The lowest BCUT2D eigenvalue weighted by Crippen LogP contribution is -2.54. The van der Waals surface area contributed by atoms with Gasteiger partial charge in [-0.2, -0.15) is 0 Å². The van der Waals surface area contributed by atoms with Crippen LogP contribution in [0.25, 0.3) is 0 Å². The second-order valence-electron chi connectivity index (χ2n) is 9.65. The van der Waals surface area contributed by atoms with Crippen molar-refractivity contribution in [3.63, 3.8) is 0 Å². The molecule has 0 aliphatic carbocycles. The Balaban J connectivity index is 1.71. The van der Waals surface area contributed by atoms with Crippen molar-refractivity contribution in [2.75, 3.05) is 33.3 Å². The van der Waals surface area contributed by atoms with E-state index in [-0.39, 0.29) is 35.6 Å². The summed E-state index contributed by atoms with van der Waals surface area (Å²) >= 11 is 1.64. The molecule has 1 N–H and O–H groups in total. The van der Waals surface area contributed by atoms with E-state index in [0.29, 0.717) is 19.6 Å². The molecule has 0 saturated carbocycles. The first-order valence-corrected chi connectivity index (χ1v) is 12.7. The summed E-state index contributed by atoms with van der Waals surface area (Å²) in [6.07, 6.45) is 11.5. The van der Waals surface area contributed by atoms with Crippen molar-refractivity contribution < 1.29 is 19.5 Å². The normalized spacial score (nSPS) is 34.2. The molecular formula is C24H35N3O4S. The van der Waals surface area contributed by atoms with E-state index >= 15 is 0 Å². The Hall–Kier alpha value is -1.80. The molecule has 5 atom stereocenters. The molecule has 4 aliphatic rings. The number of aliphatic hydroxyl groups is 1. The summed E-state index contributed by atoms with van der Waals surface area (Å²) in [4.78, 5) is 46.4. The molecule has 8 heteroatoms. The predicted octanol–water partition coefficient (Wildman–Crippen LogP) is 1.67. The van der Waals surface area contributed by atoms with Crippen LogP contribution in [0.3, 0.4) is 0 Å². The molecule has 0 aromatic heterocycles. The summed E-state index contributed by atoms with van der Waals surface area (Å²) in [5.74, 6) is -1.04. The van der Waals surface area contributed by atoms with Gasteiger partial charge in [-0.3, -0.25) is 14.4 Å². The molecule has 4 aliphatic heterocycles. The van der Waals surface area contributed by atoms with Crippen LogP contribution in [0.1, 0.15) is 39.5 Å². The predicted molar refractivity (Wildman–Crippen MR) is 125 cm³/mol. The molecule has 32 heavy (non-hydrogen) atoms. The van der Waals surface area contributed by atoms with Gasteiger partial charge in [0.25, 0.3) is 0 Å². The van der Waals surface area contributed by atoms with Gasteiger partial charge in [0.15, 0.2) is 0 Å². The molecule has 1 spiro atoms. The summed E-state index contributed by atoms with van der Waals surface area (Å²) in [6.45, 7) is 5.77. The van der Waals surface area contributed by atoms with Gasteiger partial charge in [0, 0.05) is 44.6 Å². The minimum absolute atomic E-state index is 0.00270. The van der Waals surface area contributed by atoms with E-state index in [9.17, 15) is 14.4 Å². The SMILES string of the molecule is CC(C)N1CC=C[C@]23S[C@@H]4C=CCN(C)C(=O)[C@@H]4[C@H]2C(=O)N(CCCCCCO)C3C1=O. The van der Waals surface area contributed by atoms with Gasteiger partial charge in [0.1, 0.15) is 6.04 Å². The van der Waals surface area contributed by atoms with Crippen molar-refractivity contribution >= 4 is 29.5 Å². The van der Waals surface area contributed by atoms with Crippen LogP contribution in [0.5, 0.6) is 0 Å². The van der Waals surface area contributed by atoms with Crippen LogP contribution in [-0.2, 0) is 14.4 Å². The molecule has 7 nitrogen and oxygen atoms in total. The van der Waals surface area contributed by atoms with Crippen molar-refractivity contribution in [1.29, 1.82) is 0 Å². The fourth-order valence-corrected chi connectivity index (χ4v) is 7.74. The number of hydrogen-bond donors (Lipinski definition) is 1. The summed E-state index contributed by atoms with van der Waals surface area (Å²) in [6, 6.07) is -0.546. The number of nitrogens with zero attached hydrogens (tertiary/aromatic N) is 3. The number of thioether (sulfide) groups is 1. The number of unbranched alkanes of at least 4 members (excludes halogenated alkanes) is 3. The van der Waals surface area contributed by atoms with Crippen molar-refractivity contribution in [3.05, 3.63) is 24.3 Å². The van der Waals surface area contributed by atoms with Crippen molar-refractivity contribution in [2.24, 2.45) is 11.8 Å². The van der Waals surface area contributed by atoms with Crippen LogP contribution in [0.2, 0.25) is 0 Å². The highest BCUT2D eigenvalue weighted by Gasteiger charge is 2.70. The lowest BCUT2D eigenvalue weighted by atomic mass is 9.78. The molecule has 4 heterocycles. The lowest BCUT2D eigenvalue weighted by molar-refractivity contribution is -0.144. The Morgan fingerprint density at radius 2 is 1.81 bits per heavy atom. The maximum atomic E-state index is 13.9. The van der Waals surface area contributed by atoms with Crippen LogP contribution in [0, 0.1) is 11.8 Å². The van der Waals surface area contributed by atoms with Crippen molar-refractivity contribution in [1.82, 2.24) is 14.7 Å². The zero-order valence-electron chi connectivity index (χ0n) is 19.3. The quantitative estimate of drug-likeness (QED) is 0.461.